The highest BCUT2D eigenvalue weighted by Gasteiger charge is 2.14. The molecular weight excluding hydrogens is 408 g/mol. The molecule has 0 atom stereocenters. The summed E-state index contributed by atoms with van der Waals surface area (Å²) in [6.45, 7) is 3.15. The fourth-order valence-corrected chi connectivity index (χ4v) is 4.78. The number of hydrogen-bond acceptors (Lipinski definition) is 3. The number of nitrogens with zero attached hydrogens (tertiary/aromatic N) is 4. The monoisotopic (exact) mass is 432 g/mol. The lowest BCUT2D eigenvalue weighted by molar-refractivity contribution is 0.639. The number of hydrogen-bond donors (Lipinski definition) is 0. The summed E-state index contributed by atoms with van der Waals surface area (Å²) < 4.78 is 3.91. The molecule has 5 nitrogen and oxygen atoms in total. The predicted molar refractivity (Wildman–Crippen MR) is 130 cm³/mol. The van der Waals surface area contributed by atoms with Crippen LogP contribution in [0.25, 0.3) is 22.3 Å². The lowest BCUT2D eigenvalue weighted by Gasteiger charge is -2.12. The highest BCUT2D eigenvalue weighted by Crippen LogP contribution is 2.24. The Morgan fingerprint density at radius 2 is 1.58 bits per heavy atom. The summed E-state index contributed by atoms with van der Waals surface area (Å²) in [7, 11) is 0. The number of benzene rings is 3. The molecule has 0 unspecified atom stereocenters. The van der Waals surface area contributed by atoms with E-state index in [1.54, 1.807) is 10.7 Å². The summed E-state index contributed by atoms with van der Waals surface area (Å²) in [5.74, 6) is 1.09. The van der Waals surface area contributed by atoms with Gasteiger partial charge >= 0.3 is 0 Å². The quantitative estimate of drug-likeness (QED) is 0.354. The standard InChI is InChI=1S/C28H24N4O/c1-19-14-27(33)32-18-21-7-4-6-20(15-21)12-13-26-29-24-10-2-3-11-25(24)31(26)17-22-8-5-9-23(16-22)28(19)30-32/h2-11,14-16H,12-13,17-18H2,1H3. The predicted octanol–water partition coefficient (Wildman–Crippen LogP) is 4.76. The Morgan fingerprint density at radius 1 is 0.788 bits per heavy atom. The van der Waals surface area contributed by atoms with Crippen LogP contribution < -0.4 is 5.56 Å². The van der Waals surface area contributed by atoms with Gasteiger partial charge in [0.05, 0.1) is 23.3 Å². The van der Waals surface area contributed by atoms with E-state index in [9.17, 15) is 4.79 Å². The molecule has 0 fully saturated rings. The maximum atomic E-state index is 12.7. The first-order valence-electron chi connectivity index (χ1n) is 11.3. The summed E-state index contributed by atoms with van der Waals surface area (Å²) in [5.41, 5.74) is 8.37. The van der Waals surface area contributed by atoms with Crippen LogP contribution in [0.2, 0.25) is 0 Å². The molecule has 1 aliphatic heterocycles. The normalized spacial score (nSPS) is 13.2. The van der Waals surface area contributed by atoms with Crippen LogP contribution in [0.15, 0.2) is 83.7 Å². The van der Waals surface area contributed by atoms with Crippen molar-refractivity contribution in [3.8, 4) is 11.3 Å². The summed E-state index contributed by atoms with van der Waals surface area (Å²) in [5, 5.41) is 4.78. The van der Waals surface area contributed by atoms with Gasteiger partial charge in [0.25, 0.3) is 5.56 Å². The van der Waals surface area contributed by atoms with Crippen molar-refractivity contribution in [2.24, 2.45) is 0 Å². The minimum Gasteiger partial charge on any atom is -0.323 e. The molecule has 6 bridgehead atoms. The molecule has 0 N–H and O–H groups in total. The van der Waals surface area contributed by atoms with E-state index in [1.807, 2.05) is 13.0 Å². The van der Waals surface area contributed by atoms with Gasteiger partial charge in [-0.3, -0.25) is 4.79 Å². The number of para-hydroxylation sites is 2. The van der Waals surface area contributed by atoms with Crippen LogP contribution in [0.1, 0.15) is 28.1 Å². The molecule has 0 spiro atoms. The fraction of sp³-hybridized carbons (Fsp3) is 0.179. The number of imidazole rings is 1. The first-order valence-corrected chi connectivity index (χ1v) is 11.3. The summed E-state index contributed by atoms with van der Waals surface area (Å²) in [4.78, 5) is 17.7. The van der Waals surface area contributed by atoms with E-state index in [-0.39, 0.29) is 5.56 Å². The zero-order chi connectivity index (χ0) is 22.4. The summed E-state index contributed by atoms with van der Waals surface area (Å²) >= 11 is 0. The molecule has 3 aromatic carbocycles. The van der Waals surface area contributed by atoms with E-state index < -0.39 is 0 Å². The molecule has 3 heterocycles. The lowest BCUT2D eigenvalue weighted by atomic mass is 10.0. The smallest absolute Gasteiger partial charge is 0.267 e. The Labute approximate surface area is 192 Å². The second-order valence-electron chi connectivity index (χ2n) is 8.80. The largest absolute Gasteiger partial charge is 0.323 e. The van der Waals surface area contributed by atoms with Crippen molar-refractivity contribution in [2.75, 3.05) is 0 Å². The van der Waals surface area contributed by atoms with Gasteiger partial charge in [-0.1, -0.05) is 54.6 Å². The van der Waals surface area contributed by atoms with Crippen molar-refractivity contribution in [3.05, 3.63) is 117 Å². The number of aromatic nitrogens is 4. The van der Waals surface area contributed by atoms with Crippen LogP contribution in [0, 0.1) is 6.92 Å². The van der Waals surface area contributed by atoms with E-state index in [2.05, 4.69) is 71.3 Å². The SMILES string of the molecule is Cc1cc(=O)n2nc1-c1cccc(c1)Cn1c(nc3ccccc31)CCc1cccc(c1)C2. The van der Waals surface area contributed by atoms with Crippen molar-refractivity contribution in [3.63, 3.8) is 0 Å². The minimum absolute atomic E-state index is 0.0753. The van der Waals surface area contributed by atoms with Gasteiger partial charge in [-0.05, 0) is 53.8 Å². The Balaban J connectivity index is 1.57. The van der Waals surface area contributed by atoms with Crippen LogP contribution >= 0.6 is 0 Å². The zero-order valence-corrected chi connectivity index (χ0v) is 18.5. The Bertz CT molecular complexity index is 1560. The molecule has 0 saturated heterocycles. The van der Waals surface area contributed by atoms with E-state index >= 15 is 0 Å². The van der Waals surface area contributed by atoms with Crippen LogP contribution in [0.4, 0.5) is 0 Å². The highest BCUT2D eigenvalue weighted by atomic mass is 16.1. The maximum absolute atomic E-state index is 12.7. The molecule has 0 amide bonds. The van der Waals surface area contributed by atoms with Gasteiger partial charge in [0.15, 0.2) is 0 Å². The minimum atomic E-state index is -0.0753. The molecule has 6 rings (SSSR count). The van der Waals surface area contributed by atoms with Gasteiger partial charge in [-0.15, -0.1) is 0 Å². The highest BCUT2D eigenvalue weighted by molar-refractivity contribution is 5.76. The van der Waals surface area contributed by atoms with E-state index in [1.165, 1.54) is 11.1 Å². The summed E-state index contributed by atoms with van der Waals surface area (Å²) in [6.07, 6.45) is 1.74. The second-order valence-corrected chi connectivity index (χ2v) is 8.80. The Morgan fingerprint density at radius 3 is 2.48 bits per heavy atom. The van der Waals surface area contributed by atoms with E-state index in [4.69, 9.17) is 10.1 Å². The molecule has 2 aromatic heterocycles. The van der Waals surface area contributed by atoms with Gasteiger partial charge in [-0.25, -0.2) is 9.67 Å². The number of aryl methyl sites for hydroxylation is 3. The Kier molecular flexibility index (Phi) is 4.68. The average Bonchev–Trinajstić information content (AvgIpc) is 3.17. The number of rotatable bonds is 0. The van der Waals surface area contributed by atoms with Crippen LogP contribution in [0.5, 0.6) is 0 Å². The van der Waals surface area contributed by atoms with Gasteiger partial charge in [0.2, 0.25) is 0 Å². The topological polar surface area (TPSA) is 52.7 Å². The average molecular weight is 433 g/mol. The molecule has 5 aromatic rings. The molecule has 5 heteroatoms. The molecular formula is C28H24N4O. The van der Waals surface area contributed by atoms with Gasteiger partial charge < -0.3 is 4.57 Å². The molecule has 1 aliphatic rings. The molecule has 33 heavy (non-hydrogen) atoms. The van der Waals surface area contributed by atoms with Crippen molar-refractivity contribution in [1.82, 2.24) is 19.3 Å². The van der Waals surface area contributed by atoms with Crippen LogP contribution in [-0.2, 0) is 25.9 Å². The summed E-state index contributed by atoms with van der Waals surface area (Å²) in [6, 6.07) is 27.0. The Hall–Kier alpha value is -3.99. The lowest BCUT2D eigenvalue weighted by Crippen LogP contribution is -2.24. The maximum Gasteiger partial charge on any atom is 0.267 e. The fourth-order valence-electron chi connectivity index (χ4n) is 4.78. The first kappa shape index (κ1) is 19.7. The second kappa shape index (κ2) is 7.85. The molecule has 0 radical (unpaired) electrons. The van der Waals surface area contributed by atoms with Crippen molar-refractivity contribution in [2.45, 2.75) is 32.9 Å². The van der Waals surface area contributed by atoms with Crippen molar-refractivity contribution < 1.29 is 0 Å². The first-order chi connectivity index (χ1) is 16.1. The van der Waals surface area contributed by atoms with Gasteiger partial charge in [0, 0.05) is 24.6 Å². The van der Waals surface area contributed by atoms with E-state index in [0.717, 1.165) is 58.6 Å². The van der Waals surface area contributed by atoms with Crippen molar-refractivity contribution in [1.29, 1.82) is 0 Å². The molecule has 0 aliphatic carbocycles. The molecule has 162 valence electrons. The van der Waals surface area contributed by atoms with Crippen molar-refractivity contribution >= 4 is 11.0 Å². The third kappa shape index (κ3) is 3.65. The van der Waals surface area contributed by atoms with Crippen LogP contribution in [-0.4, -0.2) is 19.3 Å². The third-order valence-corrected chi connectivity index (χ3v) is 6.42. The number of fused-ring (bicyclic) bond motifs is 10. The van der Waals surface area contributed by atoms with Gasteiger partial charge in [-0.2, -0.15) is 5.10 Å². The molecule has 0 saturated carbocycles. The van der Waals surface area contributed by atoms with Gasteiger partial charge in [0.1, 0.15) is 5.82 Å². The van der Waals surface area contributed by atoms with Crippen LogP contribution in [0.3, 0.4) is 0 Å². The van der Waals surface area contributed by atoms with E-state index in [0.29, 0.717) is 6.54 Å². The zero-order valence-electron chi connectivity index (χ0n) is 18.5. The third-order valence-electron chi connectivity index (χ3n) is 6.42.